The lowest BCUT2D eigenvalue weighted by Crippen LogP contribution is -2.45. The van der Waals surface area contributed by atoms with Crippen molar-refractivity contribution in [2.75, 3.05) is 19.7 Å². The Labute approximate surface area is 182 Å². The molecule has 1 saturated heterocycles. The summed E-state index contributed by atoms with van der Waals surface area (Å²) in [6.07, 6.45) is 1.12. The number of carbonyl (C=O) groups is 3. The number of carbonyl (C=O) groups excluding carboxylic acids is 2. The van der Waals surface area contributed by atoms with Gasteiger partial charge < -0.3 is 20.1 Å². The van der Waals surface area contributed by atoms with E-state index < -0.39 is 12.0 Å². The molecule has 0 aromatic heterocycles. The number of nitrogens with zero attached hydrogens (tertiary/aromatic N) is 1. The van der Waals surface area contributed by atoms with E-state index in [-0.39, 0.29) is 30.7 Å². The summed E-state index contributed by atoms with van der Waals surface area (Å²) in [7, 11) is 0. The Kier molecular flexibility index (Phi) is 7.65. The Balaban J connectivity index is 1.46. The van der Waals surface area contributed by atoms with Gasteiger partial charge in [0.25, 0.3) is 0 Å². The van der Waals surface area contributed by atoms with Crippen LogP contribution < -0.4 is 10.1 Å². The van der Waals surface area contributed by atoms with Crippen LogP contribution in [-0.4, -0.2) is 53.5 Å². The first-order valence-electron chi connectivity index (χ1n) is 10.5. The molecule has 2 amide bonds. The van der Waals surface area contributed by atoms with E-state index in [9.17, 15) is 19.5 Å². The molecule has 2 aromatic rings. The lowest BCUT2D eigenvalue weighted by atomic mass is 9.93. The number of hydrogen-bond acceptors (Lipinski definition) is 4. The third-order valence-electron chi connectivity index (χ3n) is 5.53. The molecule has 0 radical (unpaired) electrons. The third-order valence-corrected chi connectivity index (χ3v) is 5.53. The van der Waals surface area contributed by atoms with Crippen LogP contribution in [0.5, 0.6) is 5.75 Å². The second-order valence-electron chi connectivity index (χ2n) is 7.73. The van der Waals surface area contributed by atoms with Crippen LogP contribution in [0.4, 0.5) is 0 Å². The number of amides is 2. The Morgan fingerprint density at radius 3 is 2.52 bits per heavy atom. The fourth-order valence-corrected chi connectivity index (χ4v) is 3.92. The molecule has 0 unspecified atom stereocenters. The SMILES string of the molecule is Cc1ccccc1[C@@H]1C[C@@H](C(=O)O)N(C(=O)CNC(=O)CCCOc2ccccc2)C1. The average molecular weight is 424 g/mol. The Hall–Kier alpha value is -3.35. The summed E-state index contributed by atoms with van der Waals surface area (Å²) in [5.74, 6) is -0.940. The summed E-state index contributed by atoms with van der Waals surface area (Å²) in [4.78, 5) is 37.8. The molecule has 2 atom stereocenters. The van der Waals surface area contributed by atoms with Gasteiger partial charge in [-0.1, -0.05) is 42.5 Å². The minimum atomic E-state index is -1.02. The molecule has 1 heterocycles. The van der Waals surface area contributed by atoms with Crippen molar-refractivity contribution in [3.8, 4) is 5.75 Å². The Bertz CT molecular complexity index is 915. The van der Waals surface area contributed by atoms with Gasteiger partial charge in [-0.05, 0) is 43.0 Å². The van der Waals surface area contributed by atoms with Crippen LogP contribution in [0.25, 0.3) is 0 Å². The molecule has 7 heteroatoms. The van der Waals surface area contributed by atoms with Gasteiger partial charge in [0.2, 0.25) is 11.8 Å². The predicted octanol–water partition coefficient (Wildman–Crippen LogP) is 2.74. The molecule has 3 rings (SSSR count). The Morgan fingerprint density at radius 2 is 1.81 bits per heavy atom. The highest BCUT2D eigenvalue weighted by molar-refractivity contribution is 5.88. The molecule has 1 aliphatic heterocycles. The maximum Gasteiger partial charge on any atom is 0.326 e. The van der Waals surface area contributed by atoms with E-state index in [4.69, 9.17) is 4.74 Å². The minimum Gasteiger partial charge on any atom is -0.494 e. The van der Waals surface area contributed by atoms with Crippen LogP contribution in [-0.2, 0) is 14.4 Å². The predicted molar refractivity (Wildman–Crippen MR) is 116 cm³/mol. The van der Waals surface area contributed by atoms with Crippen LogP contribution in [0.2, 0.25) is 0 Å². The van der Waals surface area contributed by atoms with Crippen molar-refractivity contribution in [1.82, 2.24) is 10.2 Å². The summed E-state index contributed by atoms with van der Waals surface area (Å²) < 4.78 is 5.55. The molecule has 2 aromatic carbocycles. The van der Waals surface area contributed by atoms with E-state index in [2.05, 4.69) is 5.32 Å². The van der Waals surface area contributed by atoms with Crippen LogP contribution in [0.15, 0.2) is 54.6 Å². The number of aryl methyl sites for hydroxylation is 1. The number of benzene rings is 2. The number of nitrogens with one attached hydrogen (secondary N) is 1. The molecular weight excluding hydrogens is 396 g/mol. The first-order chi connectivity index (χ1) is 15.0. The zero-order valence-electron chi connectivity index (χ0n) is 17.6. The summed E-state index contributed by atoms with van der Waals surface area (Å²) in [5.41, 5.74) is 2.14. The maximum absolute atomic E-state index is 12.7. The van der Waals surface area contributed by atoms with E-state index in [1.165, 1.54) is 4.90 Å². The molecule has 1 aliphatic rings. The van der Waals surface area contributed by atoms with Gasteiger partial charge in [0.05, 0.1) is 13.2 Å². The van der Waals surface area contributed by atoms with Crippen molar-refractivity contribution in [2.24, 2.45) is 0 Å². The molecule has 0 aliphatic carbocycles. The van der Waals surface area contributed by atoms with Gasteiger partial charge in [-0.15, -0.1) is 0 Å². The summed E-state index contributed by atoms with van der Waals surface area (Å²) in [5, 5.41) is 12.2. The van der Waals surface area contributed by atoms with Crippen LogP contribution in [0, 0.1) is 6.92 Å². The van der Waals surface area contributed by atoms with Gasteiger partial charge in [-0.2, -0.15) is 0 Å². The number of ether oxygens (including phenoxy) is 1. The van der Waals surface area contributed by atoms with Crippen molar-refractivity contribution >= 4 is 17.8 Å². The van der Waals surface area contributed by atoms with E-state index in [0.29, 0.717) is 26.0 Å². The Morgan fingerprint density at radius 1 is 1.10 bits per heavy atom. The van der Waals surface area contributed by atoms with Gasteiger partial charge in [-0.25, -0.2) is 4.79 Å². The number of aliphatic carboxylic acids is 1. The highest BCUT2D eigenvalue weighted by atomic mass is 16.5. The van der Waals surface area contributed by atoms with Crippen molar-refractivity contribution in [1.29, 1.82) is 0 Å². The topological polar surface area (TPSA) is 95.9 Å². The maximum atomic E-state index is 12.7. The highest BCUT2D eigenvalue weighted by Gasteiger charge is 2.40. The van der Waals surface area contributed by atoms with Gasteiger partial charge in [0.15, 0.2) is 0 Å². The highest BCUT2D eigenvalue weighted by Crippen LogP contribution is 2.33. The van der Waals surface area contributed by atoms with Crippen molar-refractivity contribution < 1.29 is 24.2 Å². The number of para-hydroxylation sites is 1. The van der Waals surface area contributed by atoms with Crippen molar-refractivity contribution in [3.05, 3.63) is 65.7 Å². The largest absolute Gasteiger partial charge is 0.494 e. The number of hydrogen-bond donors (Lipinski definition) is 2. The number of carboxylic acids is 1. The fraction of sp³-hybridized carbons (Fsp3) is 0.375. The summed E-state index contributed by atoms with van der Waals surface area (Å²) in [6, 6.07) is 16.3. The van der Waals surface area contributed by atoms with Crippen LogP contribution in [0.1, 0.15) is 36.3 Å². The standard InChI is InChI=1S/C24H28N2O5/c1-17-8-5-6-11-20(17)18-14-21(24(29)30)26(16-18)23(28)15-25-22(27)12-7-13-31-19-9-3-2-4-10-19/h2-6,8-11,18,21H,7,12-16H2,1H3,(H,25,27)(H,29,30)/t18-,21+/m1/s1. The van der Waals surface area contributed by atoms with Gasteiger partial charge in [0.1, 0.15) is 11.8 Å². The zero-order valence-corrected chi connectivity index (χ0v) is 17.6. The lowest BCUT2D eigenvalue weighted by molar-refractivity contribution is -0.148. The molecule has 2 N–H and O–H groups in total. The minimum absolute atomic E-state index is 0.0305. The third kappa shape index (κ3) is 6.07. The normalized spacial score (nSPS) is 17.9. The van der Waals surface area contributed by atoms with Gasteiger partial charge in [-0.3, -0.25) is 9.59 Å². The van der Waals surface area contributed by atoms with Gasteiger partial charge >= 0.3 is 5.97 Å². The van der Waals surface area contributed by atoms with E-state index in [1.807, 2.05) is 61.5 Å². The number of likely N-dealkylation sites (tertiary alicyclic amines) is 1. The second kappa shape index (κ2) is 10.6. The van der Waals surface area contributed by atoms with Crippen LogP contribution >= 0.6 is 0 Å². The average Bonchev–Trinajstić information content (AvgIpc) is 3.22. The van der Waals surface area contributed by atoms with E-state index in [1.54, 1.807) is 0 Å². The monoisotopic (exact) mass is 424 g/mol. The molecular formula is C24H28N2O5. The molecule has 1 fully saturated rings. The molecule has 0 bridgehead atoms. The van der Waals surface area contributed by atoms with Crippen LogP contribution in [0.3, 0.4) is 0 Å². The quantitative estimate of drug-likeness (QED) is 0.604. The molecule has 0 spiro atoms. The summed E-state index contributed by atoms with van der Waals surface area (Å²) in [6.45, 7) is 2.51. The number of carboxylic acid groups (broad SMARTS) is 1. The summed E-state index contributed by atoms with van der Waals surface area (Å²) >= 11 is 0. The number of rotatable bonds is 9. The molecule has 31 heavy (non-hydrogen) atoms. The molecule has 7 nitrogen and oxygen atoms in total. The van der Waals surface area contributed by atoms with Crippen molar-refractivity contribution in [2.45, 2.75) is 38.1 Å². The van der Waals surface area contributed by atoms with E-state index in [0.717, 1.165) is 16.9 Å². The smallest absolute Gasteiger partial charge is 0.326 e. The van der Waals surface area contributed by atoms with E-state index >= 15 is 0 Å². The lowest BCUT2D eigenvalue weighted by Gasteiger charge is -2.21. The fourth-order valence-electron chi connectivity index (χ4n) is 3.92. The second-order valence-corrected chi connectivity index (χ2v) is 7.73. The first-order valence-corrected chi connectivity index (χ1v) is 10.5. The first kappa shape index (κ1) is 22.3. The zero-order chi connectivity index (χ0) is 22.2. The van der Waals surface area contributed by atoms with Gasteiger partial charge in [0, 0.05) is 18.9 Å². The molecule has 164 valence electrons. The van der Waals surface area contributed by atoms with Crippen molar-refractivity contribution in [3.63, 3.8) is 0 Å². The molecule has 0 saturated carbocycles.